The molecule has 2 aromatic heterocycles. The number of nitrogen functional groups attached to an aromatic ring is 1. The Kier molecular flexibility index (Phi) is 3.26. The smallest absolute Gasteiger partial charge is 0.278 e. The molecule has 3 aromatic rings. The van der Waals surface area contributed by atoms with Gasteiger partial charge in [-0.05, 0) is 18.2 Å². The number of aromatic nitrogens is 5. The third kappa shape index (κ3) is 2.68. The number of hydrogen-bond acceptors (Lipinski definition) is 6. The number of anilines is 2. The van der Waals surface area contributed by atoms with Gasteiger partial charge in [-0.15, -0.1) is 5.10 Å². The fraction of sp³-hybridized carbons (Fsp3) is 0. The van der Waals surface area contributed by atoms with Crippen molar-refractivity contribution in [1.82, 2.24) is 25.0 Å². The number of benzene rings is 1. The molecule has 2 heterocycles. The molecule has 0 radical (unpaired) electrons. The Balaban J connectivity index is 1.84. The first-order valence-corrected chi connectivity index (χ1v) is 6.08. The van der Waals surface area contributed by atoms with Crippen molar-refractivity contribution in [3.63, 3.8) is 0 Å². The Morgan fingerprint density at radius 1 is 1.19 bits per heavy atom. The first kappa shape index (κ1) is 12.7. The Labute approximate surface area is 119 Å². The third-order valence-corrected chi connectivity index (χ3v) is 2.73. The highest BCUT2D eigenvalue weighted by Gasteiger charge is 2.12. The topological polar surface area (TPSA) is 112 Å². The largest absolute Gasteiger partial charge is 0.382 e. The number of nitrogens with two attached hydrogens (primary N) is 1. The molecule has 0 aliphatic rings. The predicted molar refractivity (Wildman–Crippen MR) is 75.8 cm³/mol. The van der Waals surface area contributed by atoms with Crippen molar-refractivity contribution < 1.29 is 4.79 Å². The number of carbonyl (C=O) groups is 1. The lowest BCUT2D eigenvalue weighted by Crippen LogP contribution is -2.16. The zero-order chi connectivity index (χ0) is 14.7. The quantitative estimate of drug-likeness (QED) is 0.737. The van der Waals surface area contributed by atoms with Gasteiger partial charge in [0.15, 0.2) is 11.5 Å². The Bertz CT molecular complexity index is 770. The maximum Gasteiger partial charge on any atom is 0.278 e. The minimum Gasteiger partial charge on any atom is -0.382 e. The molecule has 8 heteroatoms. The number of rotatable bonds is 3. The minimum absolute atomic E-state index is 0.0856. The summed E-state index contributed by atoms with van der Waals surface area (Å²) in [7, 11) is 0. The van der Waals surface area contributed by atoms with E-state index >= 15 is 0 Å². The van der Waals surface area contributed by atoms with Crippen LogP contribution in [0.25, 0.3) is 5.69 Å². The SMILES string of the molecule is Nc1nccnc1C(=O)Nc1cccc(-n2ccnn2)c1. The van der Waals surface area contributed by atoms with E-state index in [0.717, 1.165) is 5.69 Å². The zero-order valence-corrected chi connectivity index (χ0v) is 10.8. The van der Waals surface area contributed by atoms with Crippen LogP contribution in [0.5, 0.6) is 0 Å². The van der Waals surface area contributed by atoms with E-state index in [0.29, 0.717) is 5.69 Å². The zero-order valence-electron chi connectivity index (χ0n) is 10.8. The molecular weight excluding hydrogens is 270 g/mol. The van der Waals surface area contributed by atoms with E-state index in [1.54, 1.807) is 35.3 Å². The van der Waals surface area contributed by atoms with Gasteiger partial charge < -0.3 is 11.1 Å². The average molecular weight is 281 g/mol. The number of carbonyl (C=O) groups excluding carboxylic acids is 1. The summed E-state index contributed by atoms with van der Waals surface area (Å²) in [4.78, 5) is 19.9. The summed E-state index contributed by atoms with van der Waals surface area (Å²) in [6, 6.07) is 7.16. The second-order valence-corrected chi connectivity index (χ2v) is 4.14. The molecule has 0 unspecified atom stereocenters. The highest BCUT2D eigenvalue weighted by Crippen LogP contribution is 2.15. The monoisotopic (exact) mass is 281 g/mol. The van der Waals surface area contributed by atoms with Gasteiger partial charge in [-0.2, -0.15) is 0 Å². The van der Waals surface area contributed by atoms with Gasteiger partial charge in [-0.3, -0.25) is 4.79 Å². The molecule has 3 N–H and O–H groups in total. The summed E-state index contributed by atoms with van der Waals surface area (Å²) >= 11 is 0. The van der Waals surface area contributed by atoms with Crippen LogP contribution in [0.4, 0.5) is 11.5 Å². The van der Waals surface area contributed by atoms with Crippen molar-refractivity contribution in [2.45, 2.75) is 0 Å². The van der Waals surface area contributed by atoms with Crippen LogP contribution < -0.4 is 11.1 Å². The molecule has 1 aromatic carbocycles. The number of hydrogen-bond donors (Lipinski definition) is 2. The van der Waals surface area contributed by atoms with Crippen LogP contribution in [0.15, 0.2) is 49.1 Å². The molecule has 0 aliphatic carbocycles. The summed E-state index contributed by atoms with van der Waals surface area (Å²) in [5.74, 6) is -0.334. The van der Waals surface area contributed by atoms with Crippen molar-refractivity contribution in [2.75, 3.05) is 11.1 Å². The molecule has 0 spiro atoms. The number of nitrogens with one attached hydrogen (secondary N) is 1. The van der Waals surface area contributed by atoms with E-state index in [9.17, 15) is 4.79 Å². The summed E-state index contributed by atoms with van der Waals surface area (Å²) in [6.45, 7) is 0. The molecule has 8 nitrogen and oxygen atoms in total. The van der Waals surface area contributed by atoms with E-state index in [4.69, 9.17) is 5.73 Å². The summed E-state index contributed by atoms with van der Waals surface area (Å²) in [6.07, 6.45) is 6.13. The minimum atomic E-state index is -0.420. The molecule has 0 fully saturated rings. The van der Waals surface area contributed by atoms with Gasteiger partial charge in [0.1, 0.15) is 0 Å². The molecule has 104 valence electrons. The Morgan fingerprint density at radius 3 is 2.81 bits per heavy atom. The Morgan fingerprint density at radius 2 is 2.05 bits per heavy atom. The molecule has 0 atom stereocenters. The normalized spacial score (nSPS) is 10.3. The first-order chi connectivity index (χ1) is 10.2. The van der Waals surface area contributed by atoms with Crippen molar-refractivity contribution in [1.29, 1.82) is 0 Å². The summed E-state index contributed by atoms with van der Waals surface area (Å²) in [5, 5.41) is 10.3. The van der Waals surface area contributed by atoms with Crippen LogP contribution in [0.2, 0.25) is 0 Å². The lowest BCUT2D eigenvalue weighted by Gasteiger charge is -2.07. The van der Waals surface area contributed by atoms with Crippen LogP contribution in [0, 0.1) is 0 Å². The van der Waals surface area contributed by atoms with Crippen LogP contribution in [-0.2, 0) is 0 Å². The van der Waals surface area contributed by atoms with Crippen LogP contribution in [-0.4, -0.2) is 30.9 Å². The maximum absolute atomic E-state index is 12.1. The lowest BCUT2D eigenvalue weighted by molar-refractivity contribution is 0.102. The van der Waals surface area contributed by atoms with E-state index in [-0.39, 0.29) is 11.5 Å². The van der Waals surface area contributed by atoms with Crippen molar-refractivity contribution in [3.8, 4) is 5.69 Å². The average Bonchev–Trinajstić information content (AvgIpc) is 3.02. The number of nitrogens with zero attached hydrogens (tertiary/aromatic N) is 5. The van der Waals surface area contributed by atoms with Gasteiger partial charge in [0.25, 0.3) is 5.91 Å². The van der Waals surface area contributed by atoms with Gasteiger partial charge in [0, 0.05) is 18.1 Å². The van der Waals surface area contributed by atoms with Gasteiger partial charge in [-0.25, -0.2) is 14.6 Å². The molecule has 3 rings (SSSR count). The van der Waals surface area contributed by atoms with E-state index in [1.165, 1.54) is 12.4 Å². The van der Waals surface area contributed by atoms with E-state index in [1.807, 2.05) is 6.07 Å². The van der Waals surface area contributed by atoms with Gasteiger partial charge in [-0.1, -0.05) is 11.3 Å². The molecule has 1 amide bonds. The highest BCUT2D eigenvalue weighted by molar-refractivity contribution is 6.05. The third-order valence-electron chi connectivity index (χ3n) is 2.73. The van der Waals surface area contributed by atoms with Crippen molar-refractivity contribution in [3.05, 3.63) is 54.7 Å². The molecular formula is C13H11N7O. The highest BCUT2D eigenvalue weighted by atomic mass is 16.1. The van der Waals surface area contributed by atoms with Crippen LogP contribution in [0.1, 0.15) is 10.5 Å². The maximum atomic E-state index is 12.1. The Hall–Kier alpha value is -3.29. The predicted octanol–water partition coefficient (Wildman–Crippen LogP) is 0.892. The van der Waals surface area contributed by atoms with E-state index < -0.39 is 5.91 Å². The van der Waals surface area contributed by atoms with Crippen molar-refractivity contribution >= 4 is 17.4 Å². The van der Waals surface area contributed by atoms with Gasteiger partial charge in [0.05, 0.1) is 18.1 Å². The molecule has 21 heavy (non-hydrogen) atoms. The molecule has 0 aliphatic heterocycles. The molecule has 0 saturated heterocycles. The summed E-state index contributed by atoms with van der Waals surface area (Å²) in [5.41, 5.74) is 7.08. The summed E-state index contributed by atoms with van der Waals surface area (Å²) < 4.78 is 1.59. The lowest BCUT2D eigenvalue weighted by atomic mass is 10.2. The van der Waals surface area contributed by atoms with Crippen LogP contribution in [0.3, 0.4) is 0 Å². The van der Waals surface area contributed by atoms with Gasteiger partial charge >= 0.3 is 0 Å². The van der Waals surface area contributed by atoms with Crippen LogP contribution >= 0.6 is 0 Å². The van der Waals surface area contributed by atoms with E-state index in [2.05, 4.69) is 25.6 Å². The molecule has 0 saturated carbocycles. The van der Waals surface area contributed by atoms with Gasteiger partial charge in [0.2, 0.25) is 0 Å². The fourth-order valence-electron chi connectivity index (χ4n) is 1.79. The first-order valence-electron chi connectivity index (χ1n) is 6.08. The fourth-order valence-corrected chi connectivity index (χ4v) is 1.79. The second-order valence-electron chi connectivity index (χ2n) is 4.14. The standard InChI is InChI=1S/C13H11N7O/c14-12-11(15-4-5-16-12)13(21)18-9-2-1-3-10(8-9)20-7-6-17-19-20/h1-8H,(H2,14,16)(H,18,21). The molecule has 0 bridgehead atoms. The van der Waals surface area contributed by atoms with Crippen molar-refractivity contribution in [2.24, 2.45) is 0 Å². The second kappa shape index (κ2) is 5.37. The number of amides is 1.